The largest absolute Gasteiger partial charge is 0.478 e. The number of carboxylic acid groups (broad SMARTS) is 1. The van der Waals surface area contributed by atoms with Crippen LogP contribution in [0.3, 0.4) is 0 Å². The van der Waals surface area contributed by atoms with Gasteiger partial charge in [0.2, 0.25) is 0 Å². The first-order valence-corrected chi connectivity index (χ1v) is 6.13. The molecule has 108 valence electrons. The van der Waals surface area contributed by atoms with Crippen molar-refractivity contribution >= 4 is 11.9 Å². The second-order valence-electron chi connectivity index (χ2n) is 4.30. The molecule has 0 amide bonds. The Labute approximate surface area is 120 Å². The number of methoxy groups -OCH3 is 1. The van der Waals surface area contributed by atoms with Crippen LogP contribution in [0, 0.1) is 0 Å². The van der Waals surface area contributed by atoms with Crippen LogP contribution < -0.4 is 5.56 Å². The fraction of sp³-hybridized carbons (Fsp3) is 0.133. The average molecular weight is 287 g/mol. The highest BCUT2D eigenvalue weighted by Crippen LogP contribution is 2.18. The first-order chi connectivity index (χ1) is 10.0. The van der Waals surface area contributed by atoms with Gasteiger partial charge in [-0.05, 0) is 11.6 Å². The number of rotatable bonds is 4. The van der Waals surface area contributed by atoms with Crippen molar-refractivity contribution in [2.45, 2.75) is 6.04 Å². The van der Waals surface area contributed by atoms with Crippen LogP contribution in [0.5, 0.6) is 0 Å². The molecule has 6 nitrogen and oxygen atoms in total. The summed E-state index contributed by atoms with van der Waals surface area (Å²) in [6.07, 6.45) is 1.14. The fourth-order valence-corrected chi connectivity index (χ4v) is 1.99. The number of aromatic carboxylic acids is 1. The zero-order valence-corrected chi connectivity index (χ0v) is 11.2. The summed E-state index contributed by atoms with van der Waals surface area (Å²) in [5, 5.41) is 9.02. The maximum absolute atomic E-state index is 12.0. The Kier molecular flexibility index (Phi) is 4.18. The molecule has 21 heavy (non-hydrogen) atoms. The molecule has 0 aliphatic rings. The molecule has 0 saturated heterocycles. The molecule has 6 heteroatoms. The quantitative estimate of drug-likeness (QED) is 0.857. The molecule has 1 N–H and O–H groups in total. The third-order valence-electron chi connectivity index (χ3n) is 3.00. The van der Waals surface area contributed by atoms with Gasteiger partial charge in [0, 0.05) is 12.3 Å². The van der Waals surface area contributed by atoms with Gasteiger partial charge in [0.05, 0.1) is 12.7 Å². The standard InChI is InChI=1S/C15H13NO5/c1-21-15(20)13(10-5-3-2-4-6-10)16-9-11(14(18)19)7-8-12(16)17/h2-9,13H,1H3,(H,18,19). The summed E-state index contributed by atoms with van der Waals surface area (Å²) >= 11 is 0. The number of hydrogen-bond donors (Lipinski definition) is 1. The normalized spacial score (nSPS) is 11.7. The number of benzene rings is 1. The van der Waals surface area contributed by atoms with Crippen molar-refractivity contribution < 1.29 is 19.4 Å². The van der Waals surface area contributed by atoms with Crippen molar-refractivity contribution in [1.82, 2.24) is 4.57 Å². The minimum absolute atomic E-state index is 0.0839. The zero-order valence-electron chi connectivity index (χ0n) is 11.2. The lowest BCUT2D eigenvalue weighted by Crippen LogP contribution is -2.31. The van der Waals surface area contributed by atoms with E-state index in [0.717, 1.165) is 16.8 Å². The van der Waals surface area contributed by atoms with Crippen LogP contribution in [0.15, 0.2) is 53.5 Å². The van der Waals surface area contributed by atoms with E-state index in [1.54, 1.807) is 30.3 Å². The monoisotopic (exact) mass is 287 g/mol. The number of nitrogens with zero attached hydrogens (tertiary/aromatic N) is 1. The van der Waals surface area contributed by atoms with Gasteiger partial charge in [0.1, 0.15) is 0 Å². The Morgan fingerprint density at radius 2 is 1.81 bits per heavy atom. The first-order valence-electron chi connectivity index (χ1n) is 6.13. The van der Waals surface area contributed by atoms with Gasteiger partial charge >= 0.3 is 11.9 Å². The van der Waals surface area contributed by atoms with Gasteiger partial charge in [-0.2, -0.15) is 0 Å². The number of carbonyl (C=O) groups is 2. The minimum atomic E-state index is -1.18. The van der Waals surface area contributed by atoms with E-state index >= 15 is 0 Å². The molecule has 0 radical (unpaired) electrons. The number of carboxylic acids is 1. The number of aromatic nitrogens is 1. The van der Waals surface area contributed by atoms with E-state index < -0.39 is 23.5 Å². The molecule has 0 fully saturated rings. The highest BCUT2D eigenvalue weighted by molar-refractivity contribution is 5.87. The Morgan fingerprint density at radius 3 is 2.38 bits per heavy atom. The summed E-state index contributed by atoms with van der Waals surface area (Å²) in [5.74, 6) is -1.83. The van der Waals surface area contributed by atoms with Crippen molar-refractivity contribution in [2.24, 2.45) is 0 Å². The van der Waals surface area contributed by atoms with E-state index in [0.29, 0.717) is 5.56 Å². The van der Waals surface area contributed by atoms with Gasteiger partial charge < -0.3 is 9.84 Å². The van der Waals surface area contributed by atoms with Crippen LogP contribution in [0.25, 0.3) is 0 Å². The van der Waals surface area contributed by atoms with E-state index in [4.69, 9.17) is 9.84 Å². The summed E-state index contributed by atoms with van der Waals surface area (Å²) in [5.41, 5.74) is -0.0346. The molecule has 1 aromatic heterocycles. The van der Waals surface area contributed by atoms with Crippen LogP contribution in [0.4, 0.5) is 0 Å². The molecular weight excluding hydrogens is 274 g/mol. The third-order valence-corrected chi connectivity index (χ3v) is 3.00. The van der Waals surface area contributed by atoms with Gasteiger partial charge in [-0.25, -0.2) is 9.59 Å². The summed E-state index contributed by atoms with van der Waals surface area (Å²) in [6.45, 7) is 0. The Morgan fingerprint density at radius 1 is 1.14 bits per heavy atom. The fourth-order valence-electron chi connectivity index (χ4n) is 1.99. The molecule has 0 bridgehead atoms. The molecule has 2 aromatic rings. The van der Waals surface area contributed by atoms with Crippen molar-refractivity contribution in [1.29, 1.82) is 0 Å². The highest BCUT2D eigenvalue weighted by Gasteiger charge is 2.24. The smallest absolute Gasteiger partial charge is 0.337 e. The maximum Gasteiger partial charge on any atom is 0.337 e. The lowest BCUT2D eigenvalue weighted by Gasteiger charge is -2.18. The second-order valence-corrected chi connectivity index (χ2v) is 4.30. The molecule has 0 aliphatic heterocycles. The minimum Gasteiger partial charge on any atom is -0.478 e. The van der Waals surface area contributed by atoms with Crippen molar-refractivity contribution in [3.8, 4) is 0 Å². The Hall–Kier alpha value is -2.89. The molecule has 0 saturated carbocycles. The van der Waals surface area contributed by atoms with E-state index in [2.05, 4.69) is 0 Å². The molecule has 2 rings (SSSR count). The summed E-state index contributed by atoms with van der Waals surface area (Å²) in [7, 11) is 1.21. The van der Waals surface area contributed by atoms with Gasteiger partial charge in [0.15, 0.2) is 6.04 Å². The molecule has 0 aliphatic carbocycles. The van der Waals surface area contributed by atoms with E-state index in [-0.39, 0.29) is 5.56 Å². The highest BCUT2D eigenvalue weighted by atomic mass is 16.5. The molecular formula is C15H13NO5. The lowest BCUT2D eigenvalue weighted by molar-refractivity contribution is -0.143. The second kappa shape index (κ2) is 6.04. The van der Waals surface area contributed by atoms with Crippen molar-refractivity contribution in [3.05, 3.63) is 70.1 Å². The molecule has 0 spiro atoms. The van der Waals surface area contributed by atoms with Gasteiger partial charge in [-0.1, -0.05) is 30.3 Å². The van der Waals surface area contributed by atoms with E-state index in [1.165, 1.54) is 13.2 Å². The number of carbonyl (C=O) groups excluding carboxylic acids is 1. The predicted octanol–water partition coefficient (Wildman–Crippen LogP) is 1.31. The molecule has 1 aromatic carbocycles. The number of pyridine rings is 1. The molecule has 1 heterocycles. The number of hydrogen-bond acceptors (Lipinski definition) is 4. The number of esters is 1. The van der Waals surface area contributed by atoms with Crippen molar-refractivity contribution in [2.75, 3.05) is 7.11 Å². The average Bonchev–Trinajstić information content (AvgIpc) is 2.50. The lowest BCUT2D eigenvalue weighted by atomic mass is 10.1. The molecule has 1 atom stereocenters. The van der Waals surface area contributed by atoms with Gasteiger partial charge in [-0.3, -0.25) is 9.36 Å². The van der Waals surface area contributed by atoms with Crippen LogP contribution in [0.2, 0.25) is 0 Å². The maximum atomic E-state index is 12.0. The topological polar surface area (TPSA) is 85.6 Å². The Bertz CT molecular complexity index is 720. The predicted molar refractivity (Wildman–Crippen MR) is 74.3 cm³/mol. The Balaban J connectivity index is 2.62. The summed E-state index contributed by atoms with van der Waals surface area (Å²) in [6, 6.07) is 9.83. The molecule has 1 unspecified atom stereocenters. The van der Waals surface area contributed by atoms with Gasteiger partial charge in [0.25, 0.3) is 5.56 Å². The zero-order chi connectivity index (χ0) is 15.4. The van der Waals surface area contributed by atoms with E-state index in [1.807, 2.05) is 0 Å². The van der Waals surface area contributed by atoms with E-state index in [9.17, 15) is 14.4 Å². The van der Waals surface area contributed by atoms with Crippen LogP contribution in [0.1, 0.15) is 22.0 Å². The van der Waals surface area contributed by atoms with Crippen LogP contribution in [-0.4, -0.2) is 28.7 Å². The summed E-state index contributed by atoms with van der Waals surface area (Å²) < 4.78 is 5.79. The van der Waals surface area contributed by atoms with Crippen LogP contribution in [-0.2, 0) is 9.53 Å². The third kappa shape index (κ3) is 3.00. The van der Waals surface area contributed by atoms with Crippen molar-refractivity contribution in [3.63, 3.8) is 0 Å². The number of ether oxygens (including phenoxy) is 1. The summed E-state index contributed by atoms with van der Waals surface area (Å²) in [4.78, 5) is 35.0. The van der Waals surface area contributed by atoms with Crippen LogP contribution >= 0.6 is 0 Å². The SMILES string of the molecule is COC(=O)C(c1ccccc1)n1cc(C(=O)O)ccc1=O. The first kappa shape index (κ1) is 14.5. The van der Waals surface area contributed by atoms with Gasteiger partial charge in [-0.15, -0.1) is 0 Å².